The average molecular weight is 239 g/mol. The van der Waals surface area contributed by atoms with E-state index < -0.39 is 0 Å². The van der Waals surface area contributed by atoms with Crippen molar-refractivity contribution in [2.45, 2.75) is 12.8 Å². The van der Waals surface area contributed by atoms with Crippen LogP contribution in [-0.2, 0) is 0 Å². The molecule has 0 spiro atoms. The fourth-order valence-corrected chi connectivity index (χ4v) is 1.59. The number of hydrogen-bond donors (Lipinski definition) is 0. The summed E-state index contributed by atoms with van der Waals surface area (Å²) < 4.78 is 6.66. The Morgan fingerprint density at radius 1 is 1.38 bits per heavy atom. The Morgan fingerprint density at radius 2 is 2.23 bits per heavy atom. The highest BCUT2D eigenvalue weighted by Crippen LogP contribution is 2.21. The molecule has 0 N–H and O–H groups in total. The molecule has 0 unspecified atom stereocenters. The number of rotatable bonds is 3. The molecular formula is C11H11BrO. The zero-order chi connectivity index (χ0) is 9.10. The highest BCUT2D eigenvalue weighted by molar-refractivity contribution is 9.10. The van der Waals surface area contributed by atoms with Gasteiger partial charge in [0.15, 0.2) is 0 Å². The fraction of sp³-hybridized carbons (Fsp3) is 0.273. The summed E-state index contributed by atoms with van der Waals surface area (Å²) in [5.74, 6) is 0.933. The van der Waals surface area contributed by atoms with Gasteiger partial charge in [0, 0.05) is 4.47 Å². The molecule has 0 fully saturated rings. The first-order chi connectivity index (χ1) is 6.34. The van der Waals surface area contributed by atoms with Gasteiger partial charge in [0.25, 0.3) is 0 Å². The predicted molar refractivity (Wildman–Crippen MR) is 57.0 cm³/mol. The highest BCUT2D eigenvalue weighted by atomic mass is 79.9. The Kier molecular flexibility index (Phi) is 2.69. The van der Waals surface area contributed by atoms with Crippen LogP contribution in [0.2, 0.25) is 0 Å². The van der Waals surface area contributed by atoms with E-state index in [1.807, 2.05) is 24.3 Å². The van der Waals surface area contributed by atoms with Crippen LogP contribution in [0.4, 0.5) is 0 Å². The minimum atomic E-state index is 0.746. The number of allylic oxidation sites excluding steroid dienone is 1. The van der Waals surface area contributed by atoms with E-state index in [1.54, 1.807) is 0 Å². The Hall–Kier alpha value is -0.760. The Balaban J connectivity index is 1.93. The molecule has 1 nitrogen and oxygen atoms in total. The van der Waals surface area contributed by atoms with Crippen LogP contribution < -0.4 is 4.74 Å². The lowest BCUT2D eigenvalue weighted by atomic mass is 10.0. The number of benzene rings is 1. The lowest BCUT2D eigenvalue weighted by Gasteiger charge is -2.15. The van der Waals surface area contributed by atoms with E-state index in [-0.39, 0.29) is 0 Å². The normalized spacial score (nSPS) is 14.7. The number of halogens is 1. The summed E-state index contributed by atoms with van der Waals surface area (Å²) in [4.78, 5) is 0. The fourth-order valence-electron chi connectivity index (χ4n) is 1.21. The number of hydrogen-bond acceptors (Lipinski definition) is 1. The highest BCUT2D eigenvalue weighted by Gasteiger charge is 2.05. The minimum Gasteiger partial charge on any atom is -0.489 e. The maximum absolute atomic E-state index is 5.59. The molecule has 68 valence electrons. The molecule has 0 aliphatic heterocycles. The third-order valence-corrected chi connectivity index (χ3v) is 2.61. The summed E-state index contributed by atoms with van der Waals surface area (Å²) >= 11 is 3.41. The van der Waals surface area contributed by atoms with E-state index in [4.69, 9.17) is 4.74 Å². The quantitative estimate of drug-likeness (QED) is 0.733. The Morgan fingerprint density at radius 3 is 2.85 bits per heavy atom. The van der Waals surface area contributed by atoms with Crippen molar-refractivity contribution in [1.29, 1.82) is 0 Å². The second-order valence-electron chi connectivity index (χ2n) is 3.15. The molecule has 1 aromatic rings. The van der Waals surface area contributed by atoms with E-state index in [1.165, 1.54) is 18.4 Å². The van der Waals surface area contributed by atoms with Gasteiger partial charge in [-0.3, -0.25) is 0 Å². The van der Waals surface area contributed by atoms with E-state index in [0.717, 1.165) is 16.8 Å². The molecular weight excluding hydrogens is 228 g/mol. The topological polar surface area (TPSA) is 9.23 Å². The van der Waals surface area contributed by atoms with Crippen LogP contribution in [0.1, 0.15) is 12.8 Å². The second-order valence-corrected chi connectivity index (χ2v) is 4.06. The molecule has 2 rings (SSSR count). The van der Waals surface area contributed by atoms with Crippen LogP contribution >= 0.6 is 15.9 Å². The van der Waals surface area contributed by atoms with Crippen LogP contribution in [0.25, 0.3) is 0 Å². The van der Waals surface area contributed by atoms with Crippen LogP contribution in [0.15, 0.2) is 40.4 Å². The molecule has 0 saturated carbocycles. The SMILES string of the molecule is Brc1cccc(OCC2=CCC2)c1. The molecule has 0 saturated heterocycles. The first-order valence-electron chi connectivity index (χ1n) is 4.41. The zero-order valence-corrected chi connectivity index (χ0v) is 8.88. The van der Waals surface area contributed by atoms with Crippen molar-refractivity contribution < 1.29 is 4.74 Å². The minimum absolute atomic E-state index is 0.746. The number of ether oxygens (including phenoxy) is 1. The molecule has 1 aliphatic rings. The van der Waals surface area contributed by atoms with E-state index in [9.17, 15) is 0 Å². The van der Waals surface area contributed by atoms with Crippen LogP contribution in [0.3, 0.4) is 0 Å². The van der Waals surface area contributed by atoms with E-state index in [0.29, 0.717) is 0 Å². The zero-order valence-electron chi connectivity index (χ0n) is 7.29. The van der Waals surface area contributed by atoms with Gasteiger partial charge in [0.2, 0.25) is 0 Å². The summed E-state index contributed by atoms with van der Waals surface area (Å²) in [5, 5.41) is 0. The van der Waals surface area contributed by atoms with Gasteiger partial charge in [-0.25, -0.2) is 0 Å². The van der Waals surface area contributed by atoms with Gasteiger partial charge in [0.1, 0.15) is 12.4 Å². The molecule has 13 heavy (non-hydrogen) atoms. The summed E-state index contributed by atoms with van der Waals surface area (Å²) in [5.41, 5.74) is 1.42. The standard InChI is InChI=1S/C11H11BrO/c12-10-5-2-6-11(7-10)13-8-9-3-1-4-9/h2-3,5-7H,1,4,8H2. The monoisotopic (exact) mass is 238 g/mol. The largest absolute Gasteiger partial charge is 0.489 e. The van der Waals surface area contributed by atoms with Crippen molar-refractivity contribution in [2.75, 3.05) is 6.61 Å². The Bertz CT molecular complexity index is 331. The summed E-state index contributed by atoms with van der Waals surface area (Å²) in [7, 11) is 0. The van der Waals surface area contributed by atoms with E-state index in [2.05, 4.69) is 22.0 Å². The van der Waals surface area contributed by atoms with Crippen LogP contribution in [0.5, 0.6) is 5.75 Å². The van der Waals surface area contributed by atoms with Crippen molar-refractivity contribution in [3.63, 3.8) is 0 Å². The van der Waals surface area contributed by atoms with Gasteiger partial charge in [-0.15, -0.1) is 0 Å². The summed E-state index contributed by atoms with van der Waals surface area (Å²) in [6.07, 6.45) is 4.66. The molecule has 0 amide bonds. The lowest BCUT2D eigenvalue weighted by molar-refractivity contribution is 0.342. The third-order valence-electron chi connectivity index (χ3n) is 2.12. The average Bonchev–Trinajstić information content (AvgIpc) is 2.01. The maximum atomic E-state index is 5.59. The molecule has 0 bridgehead atoms. The van der Waals surface area contributed by atoms with Gasteiger partial charge >= 0.3 is 0 Å². The Labute approximate surface area is 86.5 Å². The third kappa shape index (κ3) is 2.34. The smallest absolute Gasteiger partial charge is 0.120 e. The summed E-state index contributed by atoms with van der Waals surface area (Å²) in [6.45, 7) is 0.746. The predicted octanol–water partition coefficient (Wildman–Crippen LogP) is 3.55. The van der Waals surface area contributed by atoms with Crippen molar-refractivity contribution in [1.82, 2.24) is 0 Å². The molecule has 0 heterocycles. The molecule has 0 aromatic heterocycles. The second kappa shape index (κ2) is 3.97. The van der Waals surface area contributed by atoms with Crippen LogP contribution in [-0.4, -0.2) is 6.61 Å². The van der Waals surface area contributed by atoms with Gasteiger partial charge in [-0.2, -0.15) is 0 Å². The van der Waals surface area contributed by atoms with Gasteiger partial charge in [-0.1, -0.05) is 28.1 Å². The van der Waals surface area contributed by atoms with Gasteiger partial charge in [-0.05, 0) is 36.6 Å². The molecule has 1 aromatic carbocycles. The van der Waals surface area contributed by atoms with E-state index >= 15 is 0 Å². The van der Waals surface area contributed by atoms with Crippen molar-refractivity contribution in [2.24, 2.45) is 0 Å². The molecule has 1 aliphatic carbocycles. The molecule has 0 atom stereocenters. The molecule has 0 radical (unpaired) electrons. The van der Waals surface area contributed by atoms with Crippen molar-refractivity contribution in [3.05, 3.63) is 40.4 Å². The maximum Gasteiger partial charge on any atom is 0.120 e. The molecule has 2 heteroatoms. The van der Waals surface area contributed by atoms with Gasteiger partial charge < -0.3 is 4.74 Å². The van der Waals surface area contributed by atoms with Crippen molar-refractivity contribution in [3.8, 4) is 5.75 Å². The lowest BCUT2D eigenvalue weighted by Crippen LogP contribution is -2.05. The first kappa shape index (κ1) is 8.82. The van der Waals surface area contributed by atoms with Crippen LogP contribution in [0, 0.1) is 0 Å². The summed E-state index contributed by atoms with van der Waals surface area (Å²) in [6, 6.07) is 7.94. The van der Waals surface area contributed by atoms with Crippen molar-refractivity contribution >= 4 is 15.9 Å². The first-order valence-corrected chi connectivity index (χ1v) is 5.20. The van der Waals surface area contributed by atoms with Gasteiger partial charge in [0.05, 0.1) is 0 Å².